The Morgan fingerprint density at radius 3 is 2.36 bits per heavy atom. The van der Waals surface area contributed by atoms with E-state index in [1.165, 1.54) is 20.8 Å². The lowest BCUT2D eigenvalue weighted by atomic mass is 10.1. The first-order valence-electron chi connectivity index (χ1n) is 10.4. The molecule has 17 heteroatoms. The molecular formula is C19H18F6N8O2S. The molecule has 4 heterocycles. The van der Waals surface area contributed by atoms with E-state index in [0.717, 1.165) is 12.4 Å². The molecular weight excluding hydrogens is 518 g/mol. The highest BCUT2D eigenvalue weighted by molar-refractivity contribution is 7.16. The number of alkyl halides is 6. The van der Waals surface area contributed by atoms with E-state index in [4.69, 9.17) is 0 Å². The molecule has 0 radical (unpaired) electrons. The molecule has 1 aliphatic rings. The molecule has 1 saturated heterocycles. The number of piperazine rings is 1. The maximum absolute atomic E-state index is 13.4. The van der Waals surface area contributed by atoms with Gasteiger partial charge in [0.25, 0.3) is 0 Å². The molecule has 194 valence electrons. The van der Waals surface area contributed by atoms with Crippen LogP contribution in [0.3, 0.4) is 0 Å². The van der Waals surface area contributed by atoms with E-state index in [9.17, 15) is 36.2 Å². The van der Waals surface area contributed by atoms with Crippen LogP contribution >= 0.6 is 11.3 Å². The number of aliphatic hydroxyl groups is 1. The van der Waals surface area contributed by atoms with Crippen molar-refractivity contribution in [2.24, 2.45) is 0 Å². The molecule has 3 aromatic rings. The van der Waals surface area contributed by atoms with Crippen LogP contribution in [0.1, 0.15) is 16.7 Å². The van der Waals surface area contributed by atoms with Gasteiger partial charge in [0.05, 0.1) is 12.6 Å². The van der Waals surface area contributed by atoms with E-state index in [-0.39, 0.29) is 48.3 Å². The summed E-state index contributed by atoms with van der Waals surface area (Å²) in [6, 6.07) is -0.760. The Morgan fingerprint density at radius 1 is 1.11 bits per heavy atom. The van der Waals surface area contributed by atoms with Crippen molar-refractivity contribution in [2.45, 2.75) is 31.9 Å². The normalized spacial score (nSPS) is 17.1. The first-order chi connectivity index (χ1) is 16.9. The molecule has 36 heavy (non-hydrogen) atoms. The zero-order valence-corrected chi connectivity index (χ0v) is 19.3. The van der Waals surface area contributed by atoms with Crippen LogP contribution in [0.4, 0.5) is 31.3 Å². The van der Waals surface area contributed by atoms with Crippen molar-refractivity contribution in [1.82, 2.24) is 34.6 Å². The molecule has 0 spiro atoms. The third kappa shape index (κ3) is 5.40. The number of aryl methyl sites for hydroxylation is 1. The summed E-state index contributed by atoms with van der Waals surface area (Å²) in [6.45, 7) is 1.17. The smallest absolute Gasteiger partial charge is 0.394 e. The zero-order chi connectivity index (χ0) is 26.3. The number of rotatable bonds is 5. The number of halogens is 6. The molecule has 1 atom stereocenters. The molecule has 0 aromatic carbocycles. The van der Waals surface area contributed by atoms with E-state index in [0.29, 0.717) is 17.2 Å². The second-order valence-electron chi connectivity index (χ2n) is 7.82. The summed E-state index contributed by atoms with van der Waals surface area (Å²) in [7, 11) is 0. The summed E-state index contributed by atoms with van der Waals surface area (Å²) < 4.78 is 80.1. The Morgan fingerprint density at radius 2 is 1.81 bits per heavy atom. The first kappa shape index (κ1) is 25.7. The van der Waals surface area contributed by atoms with Gasteiger partial charge >= 0.3 is 12.4 Å². The van der Waals surface area contributed by atoms with Crippen molar-refractivity contribution in [3.63, 3.8) is 0 Å². The number of anilines is 1. The van der Waals surface area contributed by atoms with Crippen LogP contribution in [0.25, 0.3) is 11.3 Å². The third-order valence-corrected chi connectivity index (χ3v) is 6.44. The number of nitrogens with zero attached hydrogens (tertiary/aromatic N) is 8. The van der Waals surface area contributed by atoms with Gasteiger partial charge < -0.3 is 14.9 Å². The summed E-state index contributed by atoms with van der Waals surface area (Å²) >= 11 is 0.310. The minimum atomic E-state index is -4.82. The maximum atomic E-state index is 13.4. The van der Waals surface area contributed by atoms with Crippen LogP contribution in [0.5, 0.6) is 0 Å². The Bertz CT molecular complexity index is 1230. The van der Waals surface area contributed by atoms with Crippen molar-refractivity contribution in [3.05, 3.63) is 35.4 Å². The van der Waals surface area contributed by atoms with Gasteiger partial charge in [-0.15, -0.1) is 0 Å². The summed E-state index contributed by atoms with van der Waals surface area (Å²) in [4.78, 5) is 29.7. The minimum absolute atomic E-state index is 0.0168. The number of hydrogen-bond acceptors (Lipinski definition) is 9. The SMILES string of the molecule is Cc1ncn(CC(=O)N2CCN(c3sc(C(F)(F)F)nc3-c3cnc(C(F)(F)F)nc3)C[C@@H]2CO)n1. The summed E-state index contributed by atoms with van der Waals surface area (Å²) in [5.74, 6) is -1.33. The van der Waals surface area contributed by atoms with Gasteiger partial charge in [-0.3, -0.25) is 4.79 Å². The highest BCUT2D eigenvalue weighted by atomic mass is 32.1. The summed E-state index contributed by atoms with van der Waals surface area (Å²) in [5.41, 5.74) is -0.374. The highest BCUT2D eigenvalue weighted by Crippen LogP contribution is 2.43. The Labute approximate surface area is 203 Å². The topological polar surface area (TPSA) is 113 Å². The van der Waals surface area contributed by atoms with Crippen LogP contribution in [0, 0.1) is 6.92 Å². The monoisotopic (exact) mass is 536 g/mol. The van der Waals surface area contributed by atoms with Gasteiger partial charge in [-0.1, -0.05) is 11.3 Å². The quantitative estimate of drug-likeness (QED) is 0.495. The average Bonchev–Trinajstić information content (AvgIpc) is 3.44. The van der Waals surface area contributed by atoms with Crippen LogP contribution in [-0.4, -0.2) is 77.9 Å². The molecule has 1 fully saturated rings. The van der Waals surface area contributed by atoms with E-state index in [1.54, 1.807) is 6.92 Å². The molecule has 3 aromatic heterocycles. The average molecular weight is 536 g/mol. The molecule has 1 aliphatic heterocycles. The molecule has 1 amide bonds. The lowest BCUT2D eigenvalue weighted by molar-refractivity contribution is -0.145. The highest BCUT2D eigenvalue weighted by Gasteiger charge is 2.39. The zero-order valence-electron chi connectivity index (χ0n) is 18.5. The molecule has 0 saturated carbocycles. The van der Waals surface area contributed by atoms with Gasteiger partial charge in [0.2, 0.25) is 16.7 Å². The molecule has 10 nitrogen and oxygen atoms in total. The van der Waals surface area contributed by atoms with E-state index in [1.807, 2.05) is 0 Å². The Hall–Kier alpha value is -3.34. The fourth-order valence-corrected chi connectivity index (χ4v) is 4.64. The van der Waals surface area contributed by atoms with Gasteiger partial charge in [0.15, 0.2) is 0 Å². The van der Waals surface area contributed by atoms with Gasteiger partial charge in [0, 0.05) is 37.6 Å². The van der Waals surface area contributed by atoms with Gasteiger partial charge in [-0.05, 0) is 6.92 Å². The van der Waals surface area contributed by atoms with Crippen molar-refractivity contribution in [3.8, 4) is 11.3 Å². The lowest BCUT2D eigenvalue weighted by Crippen LogP contribution is -2.57. The predicted octanol–water partition coefficient (Wildman–Crippen LogP) is 2.25. The van der Waals surface area contributed by atoms with Gasteiger partial charge in [0.1, 0.15) is 29.4 Å². The number of carbonyl (C=O) groups excluding carboxylic acids is 1. The molecule has 0 aliphatic carbocycles. The van der Waals surface area contributed by atoms with Crippen LogP contribution in [0.2, 0.25) is 0 Å². The molecule has 4 rings (SSSR count). The number of thiazole rings is 1. The first-order valence-corrected chi connectivity index (χ1v) is 11.2. The van der Waals surface area contributed by atoms with Crippen molar-refractivity contribution >= 4 is 22.2 Å². The summed E-state index contributed by atoms with van der Waals surface area (Å²) in [6.07, 6.45) is -6.71. The second-order valence-corrected chi connectivity index (χ2v) is 8.80. The standard InChI is InChI=1S/C19H18F6N8O2S/c1-10-28-9-32(30-10)7-13(35)33-3-2-31(6-12(33)8-34)15-14(29-17(36-15)19(23,24)25)11-4-26-16(27-5-11)18(20,21)22/h4-5,9,12,34H,2-3,6-8H2,1H3/t12-/m1/s1. The number of amides is 1. The third-order valence-electron chi connectivity index (χ3n) is 5.28. The van der Waals surface area contributed by atoms with Gasteiger partial charge in [-0.25, -0.2) is 24.6 Å². The second kappa shape index (κ2) is 9.61. The number of carbonyl (C=O) groups is 1. The van der Waals surface area contributed by atoms with Crippen molar-refractivity contribution in [1.29, 1.82) is 0 Å². The number of aliphatic hydroxyl groups excluding tert-OH is 1. The Kier molecular flexibility index (Phi) is 6.87. The van der Waals surface area contributed by atoms with E-state index >= 15 is 0 Å². The minimum Gasteiger partial charge on any atom is -0.394 e. The fraction of sp³-hybridized carbons (Fsp3) is 0.474. The predicted molar refractivity (Wildman–Crippen MR) is 113 cm³/mol. The maximum Gasteiger partial charge on any atom is 0.451 e. The van der Waals surface area contributed by atoms with Crippen LogP contribution in [0.15, 0.2) is 18.7 Å². The Balaban J connectivity index is 1.60. The van der Waals surface area contributed by atoms with Crippen molar-refractivity contribution in [2.75, 3.05) is 31.1 Å². The largest absolute Gasteiger partial charge is 0.451 e. The van der Waals surface area contributed by atoms with Gasteiger partial charge in [-0.2, -0.15) is 31.4 Å². The number of hydrogen-bond donors (Lipinski definition) is 1. The summed E-state index contributed by atoms with van der Waals surface area (Å²) in [5, 5.41) is 12.8. The lowest BCUT2D eigenvalue weighted by Gasteiger charge is -2.41. The molecule has 1 N–H and O–H groups in total. The molecule has 0 bridgehead atoms. The van der Waals surface area contributed by atoms with E-state index in [2.05, 4.69) is 25.0 Å². The fourth-order valence-electron chi connectivity index (χ4n) is 3.65. The number of aromatic nitrogens is 6. The molecule has 0 unspecified atom stereocenters. The van der Waals surface area contributed by atoms with Crippen LogP contribution < -0.4 is 4.90 Å². The van der Waals surface area contributed by atoms with Crippen LogP contribution in [-0.2, 0) is 23.7 Å². The van der Waals surface area contributed by atoms with E-state index < -0.39 is 35.8 Å². The van der Waals surface area contributed by atoms with Crippen molar-refractivity contribution < 1.29 is 36.2 Å².